The van der Waals surface area contributed by atoms with Gasteiger partial charge in [0, 0.05) is 67.3 Å². The number of hydrogen-bond acceptors (Lipinski definition) is 9. The van der Waals surface area contributed by atoms with E-state index in [9.17, 15) is 17.6 Å². The van der Waals surface area contributed by atoms with Crippen molar-refractivity contribution in [3.8, 4) is 17.1 Å². The third-order valence-electron chi connectivity index (χ3n) is 6.63. The number of piperidine rings is 1. The topological polar surface area (TPSA) is 106 Å². The van der Waals surface area contributed by atoms with Crippen LogP contribution in [0.1, 0.15) is 25.0 Å². The molecule has 0 aliphatic carbocycles. The van der Waals surface area contributed by atoms with Crippen LogP contribution in [0.15, 0.2) is 41.4 Å². The number of sulfone groups is 1. The third kappa shape index (κ3) is 4.92. The summed E-state index contributed by atoms with van der Waals surface area (Å²) in [6.07, 6.45) is 4.01. The molecule has 2 saturated heterocycles. The third-order valence-corrected chi connectivity index (χ3v) is 8.52. The molecule has 0 N–H and O–H groups in total. The average Bonchev–Trinajstić information content (AvgIpc) is 3.48. The summed E-state index contributed by atoms with van der Waals surface area (Å²) < 4.78 is 47.8. The number of amides is 1. The molecule has 1 unspecified atom stereocenters. The lowest BCUT2D eigenvalue weighted by atomic mass is 10.0. The first-order valence-electron chi connectivity index (χ1n) is 11.7. The lowest BCUT2D eigenvalue weighted by molar-refractivity contribution is -0.135. The molecule has 9 nitrogen and oxygen atoms in total. The van der Waals surface area contributed by atoms with Gasteiger partial charge in [-0.2, -0.15) is 9.36 Å². The lowest BCUT2D eigenvalue weighted by Gasteiger charge is -2.36. The minimum atomic E-state index is -3.53. The molecule has 12 heteroatoms. The first-order chi connectivity index (χ1) is 17.2. The van der Waals surface area contributed by atoms with Gasteiger partial charge in [0.15, 0.2) is 33.3 Å². The Hall–Kier alpha value is -3.12. The molecular weight excluding hydrogens is 505 g/mol. The number of benzene rings is 1. The maximum absolute atomic E-state index is 14.4. The quantitative estimate of drug-likeness (QED) is 0.478. The highest BCUT2D eigenvalue weighted by Gasteiger charge is 2.39. The van der Waals surface area contributed by atoms with E-state index in [0.717, 1.165) is 54.6 Å². The summed E-state index contributed by atoms with van der Waals surface area (Å²) in [5.74, 6) is -0.400. The molecule has 4 heterocycles. The Morgan fingerprint density at radius 1 is 1.14 bits per heavy atom. The Morgan fingerprint density at radius 3 is 2.61 bits per heavy atom. The van der Waals surface area contributed by atoms with Crippen LogP contribution in [0, 0.1) is 12.7 Å². The molecule has 190 valence electrons. The van der Waals surface area contributed by atoms with Gasteiger partial charge < -0.3 is 14.5 Å². The van der Waals surface area contributed by atoms with Crippen LogP contribution in [0.2, 0.25) is 0 Å². The van der Waals surface area contributed by atoms with E-state index in [0.29, 0.717) is 18.8 Å². The second kappa shape index (κ2) is 9.74. The fourth-order valence-corrected chi connectivity index (χ4v) is 6.02. The van der Waals surface area contributed by atoms with Crippen molar-refractivity contribution in [2.24, 2.45) is 0 Å². The van der Waals surface area contributed by atoms with E-state index in [4.69, 9.17) is 9.72 Å². The zero-order valence-electron chi connectivity index (χ0n) is 19.9. The van der Waals surface area contributed by atoms with E-state index >= 15 is 0 Å². The van der Waals surface area contributed by atoms with Gasteiger partial charge >= 0.3 is 0 Å². The molecule has 0 spiro atoms. The molecule has 0 radical (unpaired) electrons. The van der Waals surface area contributed by atoms with Gasteiger partial charge in [0.05, 0.1) is 4.90 Å². The standard InChI is InChI=1S/C24H26FN5O4S2/c1-15-18(4-3-10-26-15)22-27-24(35-28-22)29-11-7-16(8-12-29)30-13-9-21(23(30)31)34-20-6-5-17(14-19(20)25)36(2,32)33/h3-6,10,14,16,21H,7-9,11-13H2,1-2H3. The Labute approximate surface area is 213 Å². The molecular formula is C24H26FN5O4S2. The minimum absolute atomic E-state index is 0.0766. The van der Waals surface area contributed by atoms with Gasteiger partial charge in [0.25, 0.3) is 5.91 Å². The molecule has 2 aromatic heterocycles. The molecule has 0 saturated carbocycles. The number of carbonyl (C=O) groups is 1. The van der Waals surface area contributed by atoms with Crippen LogP contribution in [0.25, 0.3) is 11.4 Å². The zero-order chi connectivity index (χ0) is 25.4. The number of anilines is 1. The van der Waals surface area contributed by atoms with Gasteiger partial charge in [-0.25, -0.2) is 12.8 Å². The maximum atomic E-state index is 14.4. The van der Waals surface area contributed by atoms with E-state index < -0.39 is 21.8 Å². The second-order valence-corrected chi connectivity index (χ2v) is 11.8. The van der Waals surface area contributed by atoms with Crippen LogP contribution in [0.4, 0.5) is 9.52 Å². The SMILES string of the molecule is Cc1ncccc1-c1nsc(N2CCC(N3CCC(Oc4ccc(S(C)(=O)=O)cc4F)C3=O)CC2)n1. The molecule has 1 amide bonds. The zero-order valence-corrected chi connectivity index (χ0v) is 21.6. The normalized spacial score (nSPS) is 19.2. The summed E-state index contributed by atoms with van der Waals surface area (Å²) in [6.45, 7) is 3.98. The molecule has 5 rings (SSSR count). The molecule has 0 bridgehead atoms. The number of hydrogen-bond donors (Lipinski definition) is 0. The van der Waals surface area contributed by atoms with Crippen LogP contribution in [-0.2, 0) is 14.6 Å². The van der Waals surface area contributed by atoms with Crippen molar-refractivity contribution in [1.29, 1.82) is 0 Å². The van der Waals surface area contributed by atoms with E-state index in [1.165, 1.54) is 23.7 Å². The number of ether oxygens (including phenoxy) is 1. The van der Waals surface area contributed by atoms with Crippen molar-refractivity contribution in [1.82, 2.24) is 19.2 Å². The van der Waals surface area contributed by atoms with Gasteiger partial charge in [-0.05, 0) is 50.1 Å². The van der Waals surface area contributed by atoms with Gasteiger partial charge in [0.1, 0.15) is 0 Å². The number of likely N-dealkylation sites (tertiary alicyclic amines) is 1. The van der Waals surface area contributed by atoms with Crippen molar-refractivity contribution < 1.29 is 22.3 Å². The summed E-state index contributed by atoms with van der Waals surface area (Å²) in [4.78, 5) is 25.9. The van der Waals surface area contributed by atoms with Gasteiger partial charge in [-0.1, -0.05) is 0 Å². The van der Waals surface area contributed by atoms with Gasteiger partial charge in [-0.15, -0.1) is 0 Å². The number of carbonyl (C=O) groups excluding carboxylic acids is 1. The summed E-state index contributed by atoms with van der Waals surface area (Å²) in [6, 6.07) is 7.39. The van der Waals surface area contributed by atoms with Crippen LogP contribution in [0.5, 0.6) is 5.75 Å². The first kappa shape index (κ1) is 24.6. The maximum Gasteiger partial charge on any atom is 0.263 e. The summed E-state index contributed by atoms with van der Waals surface area (Å²) in [5, 5.41) is 0.855. The summed E-state index contributed by atoms with van der Waals surface area (Å²) in [7, 11) is -3.53. The van der Waals surface area contributed by atoms with Gasteiger partial charge in [0.2, 0.25) is 5.13 Å². The molecule has 1 aromatic carbocycles. The summed E-state index contributed by atoms with van der Waals surface area (Å²) >= 11 is 1.36. The highest BCUT2D eigenvalue weighted by Crippen LogP contribution is 2.31. The molecule has 3 aromatic rings. The molecule has 36 heavy (non-hydrogen) atoms. The van der Waals surface area contributed by atoms with Crippen LogP contribution < -0.4 is 9.64 Å². The van der Waals surface area contributed by atoms with E-state index in [1.54, 1.807) is 6.20 Å². The van der Waals surface area contributed by atoms with E-state index in [-0.39, 0.29) is 22.6 Å². The number of pyridine rings is 1. The lowest BCUT2D eigenvalue weighted by Crippen LogP contribution is -2.47. The fourth-order valence-electron chi connectivity index (χ4n) is 4.65. The Kier molecular flexibility index (Phi) is 6.64. The number of aromatic nitrogens is 3. The fraction of sp³-hybridized carbons (Fsp3) is 0.417. The Balaban J connectivity index is 1.18. The monoisotopic (exact) mass is 531 g/mol. The smallest absolute Gasteiger partial charge is 0.263 e. The molecule has 2 fully saturated rings. The largest absolute Gasteiger partial charge is 0.477 e. The van der Waals surface area contributed by atoms with Crippen molar-refractivity contribution in [2.75, 3.05) is 30.8 Å². The Bertz CT molecular complexity index is 1390. The molecule has 1 atom stereocenters. The second-order valence-electron chi connectivity index (χ2n) is 9.05. The molecule has 2 aliphatic rings. The van der Waals surface area contributed by atoms with Gasteiger partial charge in [-0.3, -0.25) is 9.78 Å². The average molecular weight is 532 g/mol. The first-order valence-corrected chi connectivity index (χ1v) is 14.3. The van der Waals surface area contributed by atoms with Crippen LogP contribution in [-0.4, -0.2) is 71.6 Å². The highest BCUT2D eigenvalue weighted by atomic mass is 32.2. The number of aryl methyl sites for hydroxylation is 1. The van der Waals surface area contributed by atoms with Crippen molar-refractivity contribution in [3.63, 3.8) is 0 Å². The van der Waals surface area contributed by atoms with Crippen molar-refractivity contribution >= 4 is 32.4 Å². The minimum Gasteiger partial charge on any atom is -0.477 e. The number of rotatable bonds is 6. The highest BCUT2D eigenvalue weighted by molar-refractivity contribution is 7.90. The van der Waals surface area contributed by atoms with Crippen LogP contribution in [0.3, 0.4) is 0 Å². The summed E-state index contributed by atoms with van der Waals surface area (Å²) in [5.41, 5.74) is 1.81. The van der Waals surface area contributed by atoms with Crippen LogP contribution >= 0.6 is 11.5 Å². The predicted octanol–water partition coefficient (Wildman–Crippen LogP) is 3.10. The number of nitrogens with zero attached hydrogens (tertiary/aromatic N) is 5. The number of halogens is 1. The van der Waals surface area contributed by atoms with E-state index in [2.05, 4.69) is 14.3 Å². The van der Waals surface area contributed by atoms with Crippen molar-refractivity contribution in [2.45, 2.75) is 43.2 Å². The predicted molar refractivity (Wildman–Crippen MR) is 133 cm³/mol. The van der Waals surface area contributed by atoms with Crippen molar-refractivity contribution in [3.05, 3.63) is 48.0 Å². The van der Waals surface area contributed by atoms with E-state index in [1.807, 2.05) is 24.0 Å². The Morgan fingerprint density at radius 2 is 1.92 bits per heavy atom. The molecule has 2 aliphatic heterocycles.